The second-order valence-corrected chi connectivity index (χ2v) is 10.1. The molecule has 1 saturated heterocycles. The Balaban J connectivity index is 1.81. The van der Waals surface area contributed by atoms with Gasteiger partial charge >= 0.3 is 0 Å². The van der Waals surface area contributed by atoms with Gasteiger partial charge in [-0.25, -0.2) is 9.97 Å². The molecule has 0 aliphatic carbocycles. The van der Waals surface area contributed by atoms with Gasteiger partial charge in [-0.15, -0.1) is 0 Å². The SMILES string of the molecule is CNC[C@@H](O)COc1ccc(Cl)c(-c2nc(-c3c(C)c(Cl)nn3C)c(C)c(N3CCC(C#N)CC3)n2)c1. The molecular weight excluding hydrogens is 513 g/mol. The first-order valence-electron chi connectivity index (χ1n) is 12.2. The number of hydrogen-bond acceptors (Lipinski definition) is 8. The molecule has 196 valence electrons. The number of halogens is 2. The van der Waals surface area contributed by atoms with Gasteiger partial charge in [0, 0.05) is 49.3 Å². The van der Waals surface area contributed by atoms with Crippen molar-refractivity contribution < 1.29 is 9.84 Å². The average molecular weight is 544 g/mol. The van der Waals surface area contributed by atoms with Crippen LogP contribution in [0.25, 0.3) is 22.8 Å². The van der Waals surface area contributed by atoms with Crippen molar-refractivity contribution in [2.75, 3.05) is 38.2 Å². The zero-order chi connectivity index (χ0) is 26.7. The molecule has 0 unspecified atom stereocenters. The number of aromatic nitrogens is 4. The molecule has 3 heterocycles. The van der Waals surface area contributed by atoms with Crippen LogP contribution in [-0.4, -0.2) is 64.2 Å². The van der Waals surface area contributed by atoms with E-state index in [-0.39, 0.29) is 12.5 Å². The number of aliphatic hydroxyl groups excluding tert-OH is 1. The van der Waals surface area contributed by atoms with Gasteiger partial charge in [0.05, 0.1) is 22.5 Å². The molecule has 1 aromatic carbocycles. The fourth-order valence-corrected chi connectivity index (χ4v) is 4.97. The summed E-state index contributed by atoms with van der Waals surface area (Å²) in [4.78, 5) is 12.1. The van der Waals surface area contributed by atoms with E-state index < -0.39 is 6.10 Å². The number of aliphatic hydroxyl groups is 1. The molecule has 1 aliphatic rings. The van der Waals surface area contributed by atoms with Crippen LogP contribution in [0.2, 0.25) is 10.2 Å². The Morgan fingerprint density at radius 2 is 1.95 bits per heavy atom. The molecule has 4 rings (SSSR count). The summed E-state index contributed by atoms with van der Waals surface area (Å²) >= 11 is 13.0. The van der Waals surface area contributed by atoms with Gasteiger partial charge in [0.2, 0.25) is 0 Å². The van der Waals surface area contributed by atoms with Crippen molar-refractivity contribution in [2.24, 2.45) is 13.0 Å². The minimum Gasteiger partial charge on any atom is -0.491 e. The molecule has 9 nitrogen and oxygen atoms in total. The molecule has 1 aliphatic heterocycles. The van der Waals surface area contributed by atoms with Gasteiger partial charge < -0.3 is 20.1 Å². The predicted octanol–water partition coefficient (Wildman–Crippen LogP) is 4.17. The normalized spacial score (nSPS) is 15.0. The second-order valence-electron chi connectivity index (χ2n) is 9.29. The molecule has 2 aromatic heterocycles. The molecular formula is C26H31Cl2N7O2. The van der Waals surface area contributed by atoms with Gasteiger partial charge in [0.15, 0.2) is 11.0 Å². The van der Waals surface area contributed by atoms with Crippen LogP contribution in [0.15, 0.2) is 18.2 Å². The number of rotatable bonds is 8. The summed E-state index contributed by atoms with van der Waals surface area (Å²) in [6.45, 7) is 5.91. The van der Waals surface area contributed by atoms with Gasteiger partial charge in [-0.05, 0) is 51.9 Å². The van der Waals surface area contributed by atoms with Crippen LogP contribution in [-0.2, 0) is 7.05 Å². The van der Waals surface area contributed by atoms with Crippen LogP contribution in [0.1, 0.15) is 24.0 Å². The fourth-order valence-electron chi connectivity index (χ4n) is 4.56. The van der Waals surface area contributed by atoms with E-state index in [2.05, 4.69) is 21.4 Å². The van der Waals surface area contributed by atoms with Gasteiger partial charge in [-0.1, -0.05) is 23.2 Å². The first-order chi connectivity index (χ1) is 17.7. The molecule has 0 radical (unpaired) electrons. The highest BCUT2D eigenvalue weighted by atomic mass is 35.5. The summed E-state index contributed by atoms with van der Waals surface area (Å²) in [5.74, 6) is 1.84. The summed E-state index contributed by atoms with van der Waals surface area (Å²) in [6.07, 6.45) is 0.910. The summed E-state index contributed by atoms with van der Waals surface area (Å²) < 4.78 is 7.54. The highest BCUT2D eigenvalue weighted by Crippen LogP contribution is 2.37. The third kappa shape index (κ3) is 5.83. The standard InChI is InChI=1S/C26H31Cl2N7O2/c1-15-22(23-16(2)24(28)33-34(23)4)31-25(32-26(15)35-9-7-17(12-29)8-10-35)20-11-19(5-6-21(20)27)37-14-18(36)13-30-3/h5-6,11,17-18,30,36H,7-10,13-14H2,1-4H3/t18-/m1/s1. The molecule has 11 heteroatoms. The number of piperidine rings is 1. The summed E-state index contributed by atoms with van der Waals surface area (Å²) in [5.41, 5.74) is 3.86. The molecule has 37 heavy (non-hydrogen) atoms. The van der Waals surface area contributed by atoms with E-state index >= 15 is 0 Å². The number of hydrogen-bond donors (Lipinski definition) is 2. The minimum absolute atomic E-state index is 0.0528. The van der Waals surface area contributed by atoms with Crippen LogP contribution in [0, 0.1) is 31.1 Å². The highest BCUT2D eigenvalue weighted by molar-refractivity contribution is 6.33. The maximum atomic E-state index is 10.0. The molecule has 2 N–H and O–H groups in total. The van der Waals surface area contributed by atoms with Crippen LogP contribution in [0.3, 0.4) is 0 Å². The van der Waals surface area contributed by atoms with Crippen molar-refractivity contribution >= 4 is 29.0 Å². The van der Waals surface area contributed by atoms with Gasteiger partial charge in [-0.3, -0.25) is 4.68 Å². The number of nitrogens with zero attached hydrogens (tertiary/aromatic N) is 6. The number of benzene rings is 1. The fraction of sp³-hybridized carbons (Fsp3) is 0.462. The zero-order valence-electron chi connectivity index (χ0n) is 21.4. The quantitative estimate of drug-likeness (QED) is 0.435. The maximum Gasteiger partial charge on any atom is 0.163 e. The van der Waals surface area contributed by atoms with Crippen molar-refractivity contribution in [2.45, 2.75) is 32.8 Å². The summed E-state index contributed by atoms with van der Waals surface area (Å²) in [7, 11) is 3.61. The van der Waals surface area contributed by atoms with Gasteiger partial charge in [-0.2, -0.15) is 10.4 Å². The molecule has 0 amide bonds. The lowest BCUT2D eigenvalue weighted by molar-refractivity contribution is 0.108. The lowest BCUT2D eigenvalue weighted by Crippen LogP contribution is -2.34. The number of nitriles is 1. The topological polar surface area (TPSA) is 112 Å². The van der Waals surface area contributed by atoms with Crippen molar-refractivity contribution in [3.05, 3.63) is 39.5 Å². The minimum atomic E-state index is -0.646. The Morgan fingerprint density at radius 1 is 1.22 bits per heavy atom. The molecule has 1 fully saturated rings. The molecule has 0 spiro atoms. The Morgan fingerprint density at radius 3 is 2.57 bits per heavy atom. The number of likely N-dealkylation sites (N-methyl/N-ethyl adjacent to an activating group) is 1. The van der Waals surface area contributed by atoms with Crippen LogP contribution >= 0.6 is 23.2 Å². The van der Waals surface area contributed by atoms with E-state index in [1.54, 1.807) is 29.9 Å². The van der Waals surface area contributed by atoms with Crippen LogP contribution in [0.5, 0.6) is 5.75 Å². The number of aryl methyl sites for hydroxylation is 1. The maximum absolute atomic E-state index is 10.0. The molecule has 0 saturated carbocycles. The van der Waals surface area contributed by atoms with E-state index in [0.29, 0.717) is 39.6 Å². The average Bonchev–Trinajstić information content (AvgIpc) is 3.14. The largest absolute Gasteiger partial charge is 0.491 e. The smallest absolute Gasteiger partial charge is 0.163 e. The first kappa shape index (κ1) is 27.1. The van der Waals surface area contributed by atoms with E-state index in [0.717, 1.165) is 48.6 Å². The number of anilines is 1. The Kier molecular flexibility index (Phi) is 8.55. The lowest BCUT2D eigenvalue weighted by Gasteiger charge is -2.32. The van der Waals surface area contributed by atoms with E-state index in [1.165, 1.54) is 0 Å². The zero-order valence-corrected chi connectivity index (χ0v) is 22.9. The van der Waals surface area contributed by atoms with Crippen LogP contribution < -0.4 is 15.0 Å². The monoisotopic (exact) mass is 543 g/mol. The van der Waals surface area contributed by atoms with Crippen molar-refractivity contribution in [3.63, 3.8) is 0 Å². The summed E-state index contributed by atoms with van der Waals surface area (Å²) in [6, 6.07) is 7.67. The molecule has 0 bridgehead atoms. The highest BCUT2D eigenvalue weighted by Gasteiger charge is 2.26. The third-order valence-electron chi connectivity index (χ3n) is 6.61. The predicted molar refractivity (Wildman–Crippen MR) is 145 cm³/mol. The van der Waals surface area contributed by atoms with E-state index in [4.69, 9.17) is 37.9 Å². The second kappa shape index (κ2) is 11.7. The van der Waals surface area contributed by atoms with Crippen molar-refractivity contribution in [3.8, 4) is 34.6 Å². The Hall–Kier alpha value is -2.90. The molecule has 1 atom stereocenters. The van der Waals surface area contributed by atoms with Crippen LogP contribution in [0.4, 0.5) is 5.82 Å². The van der Waals surface area contributed by atoms with Crippen molar-refractivity contribution in [1.82, 2.24) is 25.1 Å². The molecule has 3 aromatic rings. The van der Waals surface area contributed by atoms with Crippen molar-refractivity contribution in [1.29, 1.82) is 5.26 Å². The van der Waals surface area contributed by atoms with E-state index in [1.807, 2.05) is 20.9 Å². The number of ether oxygens (including phenoxy) is 1. The van der Waals surface area contributed by atoms with E-state index in [9.17, 15) is 10.4 Å². The Bertz CT molecular complexity index is 1310. The first-order valence-corrected chi connectivity index (χ1v) is 13.0. The Labute approximate surface area is 227 Å². The van der Waals surface area contributed by atoms with Gasteiger partial charge in [0.1, 0.15) is 24.3 Å². The third-order valence-corrected chi connectivity index (χ3v) is 7.30. The lowest BCUT2D eigenvalue weighted by atomic mass is 9.98. The number of nitrogens with one attached hydrogen (secondary N) is 1. The van der Waals surface area contributed by atoms with Gasteiger partial charge in [0.25, 0.3) is 0 Å². The summed E-state index contributed by atoms with van der Waals surface area (Å²) in [5, 5.41) is 27.6.